The molecule has 5 heteroatoms. The Balaban J connectivity index is 2.07. The molecule has 0 radical (unpaired) electrons. The molecule has 0 bridgehead atoms. The Kier molecular flexibility index (Phi) is 4.24. The fraction of sp³-hybridized carbons (Fsp3) is 0.714. The van der Waals surface area contributed by atoms with E-state index in [2.05, 4.69) is 10.3 Å². The molecular weight excluding hydrogens is 242 g/mol. The lowest BCUT2D eigenvalue weighted by molar-refractivity contribution is 0.0166. The van der Waals surface area contributed by atoms with Gasteiger partial charge >= 0.3 is 0 Å². The summed E-state index contributed by atoms with van der Waals surface area (Å²) in [4.78, 5) is 16.2. The molecule has 0 aliphatic heterocycles. The number of nitrogens with one attached hydrogen (secondary N) is 1. The lowest BCUT2D eigenvalue weighted by Crippen LogP contribution is -2.40. The van der Waals surface area contributed by atoms with Crippen LogP contribution in [0.4, 0.5) is 5.82 Å². The fourth-order valence-electron chi connectivity index (χ4n) is 2.59. The van der Waals surface area contributed by atoms with Gasteiger partial charge < -0.3 is 15.0 Å². The summed E-state index contributed by atoms with van der Waals surface area (Å²) in [5.74, 6) is 0.329. The quantitative estimate of drug-likeness (QED) is 0.873. The SMILES string of the molecule is CC(C)n1ccnc(NCC2(O)CCCCC2)c1=O. The van der Waals surface area contributed by atoms with Crippen LogP contribution in [0, 0.1) is 0 Å². The van der Waals surface area contributed by atoms with Crippen LogP contribution in [-0.4, -0.2) is 26.8 Å². The van der Waals surface area contributed by atoms with E-state index < -0.39 is 5.60 Å². The van der Waals surface area contributed by atoms with Gasteiger partial charge in [0.05, 0.1) is 5.60 Å². The Hall–Kier alpha value is -1.36. The van der Waals surface area contributed by atoms with Crippen molar-refractivity contribution in [1.29, 1.82) is 0 Å². The van der Waals surface area contributed by atoms with Crippen molar-refractivity contribution >= 4 is 5.82 Å². The summed E-state index contributed by atoms with van der Waals surface area (Å²) < 4.78 is 1.64. The van der Waals surface area contributed by atoms with Crippen molar-refractivity contribution in [2.45, 2.75) is 57.6 Å². The molecule has 2 rings (SSSR count). The zero-order valence-corrected chi connectivity index (χ0v) is 11.7. The van der Waals surface area contributed by atoms with Gasteiger partial charge in [-0.1, -0.05) is 19.3 Å². The van der Waals surface area contributed by atoms with Gasteiger partial charge in [-0.05, 0) is 26.7 Å². The minimum atomic E-state index is -0.690. The molecule has 0 aromatic carbocycles. The van der Waals surface area contributed by atoms with E-state index in [0.717, 1.165) is 25.7 Å². The number of rotatable bonds is 4. The summed E-state index contributed by atoms with van der Waals surface area (Å²) in [6.45, 7) is 4.32. The summed E-state index contributed by atoms with van der Waals surface area (Å²) in [6.07, 6.45) is 8.19. The van der Waals surface area contributed by atoms with E-state index in [1.807, 2.05) is 13.8 Å². The maximum atomic E-state index is 12.1. The number of aromatic nitrogens is 2. The van der Waals surface area contributed by atoms with Crippen molar-refractivity contribution < 1.29 is 5.11 Å². The zero-order valence-electron chi connectivity index (χ0n) is 11.7. The second kappa shape index (κ2) is 5.74. The third-order valence-electron chi connectivity index (χ3n) is 3.79. The van der Waals surface area contributed by atoms with Crippen LogP contribution in [0.25, 0.3) is 0 Å². The van der Waals surface area contributed by atoms with Crippen molar-refractivity contribution in [1.82, 2.24) is 9.55 Å². The zero-order chi connectivity index (χ0) is 13.9. The molecule has 1 saturated carbocycles. The van der Waals surface area contributed by atoms with Crippen molar-refractivity contribution in [3.05, 3.63) is 22.7 Å². The summed E-state index contributed by atoms with van der Waals surface area (Å²) in [5, 5.41) is 13.4. The Morgan fingerprint density at radius 1 is 1.42 bits per heavy atom. The van der Waals surface area contributed by atoms with E-state index in [-0.39, 0.29) is 11.6 Å². The van der Waals surface area contributed by atoms with Gasteiger partial charge in [0.15, 0.2) is 5.82 Å². The van der Waals surface area contributed by atoms with E-state index in [1.54, 1.807) is 17.0 Å². The van der Waals surface area contributed by atoms with Gasteiger partial charge in [-0.2, -0.15) is 0 Å². The highest BCUT2D eigenvalue weighted by atomic mass is 16.3. The first kappa shape index (κ1) is 14.1. The first-order valence-corrected chi connectivity index (χ1v) is 7.05. The van der Waals surface area contributed by atoms with Gasteiger partial charge in [0.25, 0.3) is 5.56 Å². The third-order valence-corrected chi connectivity index (χ3v) is 3.79. The number of hydrogen-bond donors (Lipinski definition) is 2. The highest BCUT2D eigenvalue weighted by Gasteiger charge is 2.29. The van der Waals surface area contributed by atoms with Crippen LogP contribution >= 0.6 is 0 Å². The van der Waals surface area contributed by atoms with Crippen LogP contribution in [0.15, 0.2) is 17.2 Å². The Bertz CT molecular complexity index is 476. The van der Waals surface area contributed by atoms with Gasteiger partial charge in [0.2, 0.25) is 0 Å². The van der Waals surface area contributed by atoms with E-state index >= 15 is 0 Å². The Morgan fingerprint density at radius 3 is 2.74 bits per heavy atom. The molecule has 1 aliphatic carbocycles. The summed E-state index contributed by atoms with van der Waals surface area (Å²) >= 11 is 0. The van der Waals surface area contributed by atoms with Crippen molar-refractivity contribution in [3.63, 3.8) is 0 Å². The lowest BCUT2D eigenvalue weighted by Gasteiger charge is -2.32. The van der Waals surface area contributed by atoms with E-state index in [4.69, 9.17) is 0 Å². The molecule has 19 heavy (non-hydrogen) atoms. The monoisotopic (exact) mass is 265 g/mol. The highest BCUT2D eigenvalue weighted by Crippen LogP contribution is 2.27. The van der Waals surface area contributed by atoms with Crippen molar-refractivity contribution in [3.8, 4) is 0 Å². The molecule has 0 amide bonds. The second-order valence-corrected chi connectivity index (χ2v) is 5.72. The predicted molar refractivity (Wildman–Crippen MR) is 75.4 cm³/mol. The molecule has 1 heterocycles. The average Bonchev–Trinajstić information content (AvgIpc) is 2.38. The minimum absolute atomic E-state index is 0.105. The second-order valence-electron chi connectivity index (χ2n) is 5.72. The number of nitrogens with zero attached hydrogens (tertiary/aromatic N) is 2. The Labute approximate surface area is 113 Å². The molecule has 0 atom stereocenters. The van der Waals surface area contributed by atoms with E-state index in [0.29, 0.717) is 12.4 Å². The molecule has 1 aromatic rings. The summed E-state index contributed by atoms with van der Waals surface area (Å²) in [7, 11) is 0. The van der Waals surface area contributed by atoms with Crippen LogP contribution in [0.1, 0.15) is 52.0 Å². The molecular formula is C14H23N3O2. The number of aliphatic hydroxyl groups is 1. The van der Waals surface area contributed by atoms with Crippen molar-refractivity contribution in [2.24, 2.45) is 0 Å². The lowest BCUT2D eigenvalue weighted by atomic mass is 9.85. The predicted octanol–water partition coefficient (Wildman–Crippen LogP) is 1.93. The normalized spacial score (nSPS) is 18.5. The fourth-order valence-corrected chi connectivity index (χ4v) is 2.59. The van der Waals surface area contributed by atoms with E-state index in [9.17, 15) is 9.90 Å². The average molecular weight is 265 g/mol. The third kappa shape index (κ3) is 3.35. The van der Waals surface area contributed by atoms with Crippen LogP contribution in [0.2, 0.25) is 0 Å². The van der Waals surface area contributed by atoms with Crippen LogP contribution < -0.4 is 10.9 Å². The molecule has 106 valence electrons. The maximum absolute atomic E-state index is 12.1. The topological polar surface area (TPSA) is 67.2 Å². The smallest absolute Gasteiger partial charge is 0.293 e. The van der Waals surface area contributed by atoms with Gasteiger partial charge in [-0.25, -0.2) is 4.98 Å². The summed E-state index contributed by atoms with van der Waals surface area (Å²) in [5.41, 5.74) is -0.817. The van der Waals surface area contributed by atoms with Crippen molar-refractivity contribution in [2.75, 3.05) is 11.9 Å². The minimum Gasteiger partial charge on any atom is -0.388 e. The molecule has 1 fully saturated rings. The first-order chi connectivity index (χ1) is 9.02. The first-order valence-electron chi connectivity index (χ1n) is 7.05. The van der Waals surface area contributed by atoms with Gasteiger partial charge in [0.1, 0.15) is 0 Å². The summed E-state index contributed by atoms with van der Waals surface area (Å²) in [6, 6.07) is 0.105. The number of hydrogen-bond acceptors (Lipinski definition) is 4. The van der Waals surface area contributed by atoms with Gasteiger partial charge in [-0.15, -0.1) is 0 Å². The van der Waals surface area contributed by atoms with E-state index in [1.165, 1.54) is 6.42 Å². The maximum Gasteiger partial charge on any atom is 0.293 e. The van der Waals surface area contributed by atoms with Gasteiger partial charge in [-0.3, -0.25) is 4.79 Å². The van der Waals surface area contributed by atoms with Crippen LogP contribution in [-0.2, 0) is 0 Å². The van der Waals surface area contributed by atoms with Gasteiger partial charge in [0, 0.05) is 25.0 Å². The molecule has 5 nitrogen and oxygen atoms in total. The molecule has 1 aliphatic rings. The number of anilines is 1. The molecule has 0 unspecified atom stereocenters. The largest absolute Gasteiger partial charge is 0.388 e. The molecule has 2 N–H and O–H groups in total. The molecule has 0 saturated heterocycles. The van der Waals surface area contributed by atoms with Crippen LogP contribution in [0.5, 0.6) is 0 Å². The molecule has 0 spiro atoms. The molecule has 1 aromatic heterocycles. The highest BCUT2D eigenvalue weighted by molar-refractivity contribution is 5.31. The standard InChI is InChI=1S/C14H23N3O2/c1-11(2)17-9-8-15-12(13(17)18)16-10-14(19)6-4-3-5-7-14/h8-9,11,19H,3-7,10H2,1-2H3,(H,15,16). The van der Waals surface area contributed by atoms with Crippen LogP contribution in [0.3, 0.4) is 0 Å². The Morgan fingerprint density at radius 2 is 2.11 bits per heavy atom.